The van der Waals surface area contributed by atoms with Crippen LogP contribution < -0.4 is 24.2 Å². The molecule has 0 saturated heterocycles. The Hall–Kier alpha value is -3.72. The number of amides is 1. The highest BCUT2D eigenvalue weighted by molar-refractivity contribution is 7.92. The summed E-state index contributed by atoms with van der Waals surface area (Å²) in [7, 11) is -3.74. The number of sulfonamides is 1. The molecule has 1 aliphatic heterocycles. The first-order valence-electron chi connectivity index (χ1n) is 10.3. The second-order valence-corrected chi connectivity index (χ2v) is 9.31. The van der Waals surface area contributed by atoms with Gasteiger partial charge in [-0.3, -0.25) is 9.52 Å². The summed E-state index contributed by atoms with van der Waals surface area (Å²) in [5.41, 5.74) is 3.45. The lowest BCUT2D eigenvalue weighted by Gasteiger charge is -2.11. The number of fused-ring (bicyclic) bond motifs is 1. The minimum atomic E-state index is -3.74. The molecule has 0 fully saturated rings. The van der Waals surface area contributed by atoms with Crippen molar-refractivity contribution < 1.29 is 27.4 Å². The van der Waals surface area contributed by atoms with Crippen LogP contribution in [0, 0.1) is 13.8 Å². The fourth-order valence-corrected chi connectivity index (χ4v) is 4.23. The van der Waals surface area contributed by atoms with Crippen molar-refractivity contribution >= 4 is 21.6 Å². The van der Waals surface area contributed by atoms with Crippen molar-refractivity contribution in [3.05, 3.63) is 77.4 Å². The van der Waals surface area contributed by atoms with E-state index in [1.807, 2.05) is 32.0 Å². The molecule has 1 aliphatic rings. The van der Waals surface area contributed by atoms with Gasteiger partial charge in [-0.2, -0.15) is 0 Å². The topological polar surface area (TPSA) is 103 Å². The molecule has 0 bridgehead atoms. The van der Waals surface area contributed by atoms with Gasteiger partial charge in [0.1, 0.15) is 5.75 Å². The third-order valence-corrected chi connectivity index (χ3v) is 6.59. The first kappa shape index (κ1) is 22.5. The van der Waals surface area contributed by atoms with E-state index in [1.165, 1.54) is 24.3 Å². The molecule has 3 aromatic rings. The van der Waals surface area contributed by atoms with Crippen LogP contribution in [-0.2, 0) is 21.4 Å². The average molecular weight is 469 g/mol. The van der Waals surface area contributed by atoms with Crippen LogP contribution in [0.4, 0.5) is 5.69 Å². The van der Waals surface area contributed by atoms with Gasteiger partial charge in [-0.1, -0.05) is 12.1 Å². The molecule has 4 rings (SSSR count). The van der Waals surface area contributed by atoms with Gasteiger partial charge in [0.15, 0.2) is 18.1 Å². The number of rotatable bonds is 8. The van der Waals surface area contributed by atoms with Gasteiger partial charge in [-0.05, 0) is 79.1 Å². The molecule has 1 amide bonds. The van der Waals surface area contributed by atoms with Gasteiger partial charge < -0.3 is 19.5 Å². The second-order valence-electron chi connectivity index (χ2n) is 7.63. The quantitative estimate of drug-likeness (QED) is 0.524. The molecule has 0 unspecified atom stereocenters. The highest BCUT2D eigenvalue weighted by Crippen LogP contribution is 2.32. The molecular weight excluding hydrogens is 444 g/mol. The van der Waals surface area contributed by atoms with Crippen LogP contribution in [0.3, 0.4) is 0 Å². The normalized spacial score (nSPS) is 12.3. The zero-order valence-corrected chi connectivity index (χ0v) is 19.1. The number of aryl methyl sites for hydroxylation is 2. The van der Waals surface area contributed by atoms with E-state index in [0.717, 1.165) is 16.7 Å². The number of carbonyl (C=O) groups excluding carboxylic acids is 1. The molecule has 33 heavy (non-hydrogen) atoms. The van der Waals surface area contributed by atoms with Crippen LogP contribution in [-0.4, -0.2) is 27.7 Å². The molecule has 0 aliphatic carbocycles. The van der Waals surface area contributed by atoms with E-state index < -0.39 is 10.0 Å². The Morgan fingerprint density at radius 3 is 2.45 bits per heavy atom. The highest BCUT2D eigenvalue weighted by Gasteiger charge is 2.16. The summed E-state index contributed by atoms with van der Waals surface area (Å²) < 4.78 is 43.9. The molecule has 0 spiro atoms. The van der Waals surface area contributed by atoms with Crippen LogP contribution >= 0.6 is 0 Å². The van der Waals surface area contributed by atoms with E-state index in [2.05, 4.69) is 10.0 Å². The summed E-state index contributed by atoms with van der Waals surface area (Å²) in [5, 5.41) is 2.77. The molecule has 8 nitrogen and oxygen atoms in total. The van der Waals surface area contributed by atoms with Gasteiger partial charge in [0.2, 0.25) is 6.79 Å². The first-order valence-corrected chi connectivity index (χ1v) is 11.8. The van der Waals surface area contributed by atoms with Crippen LogP contribution in [0.5, 0.6) is 17.2 Å². The monoisotopic (exact) mass is 468 g/mol. The van der Waals surface area contributed by atoms with Crippen molar-refractivity contribution in [2.75, 3.05) is 18.1 Å². The standard InChI is InChI=1S/C24H24N2O6S/c1-16-3-5-19(11-17(16)2)26-33(28,29)21-8-6-20(7-9-21)30-14-24(27)25-13-18-4-10-22-23(12-18)32-15-31-22/h3-12,26H,13-15H2,1-2H3,(H,25,27). The Labute approximate surface area is 192 Å². The molecule has 0 aromatic heterocycles. The number of carbonyl (C=O) groups is 1. The van der Waals surface area contributed by atoms with Crippen LogP contribution in [0.15, 0.2) is 65.6 Å². The predicted molar refractivity (Wildman–Crippen MR) is 123 cm³/mol. The SMILES string of the molecule is Cc1ccc(NS(=O)(=O)c2ccc(OCC(=O)NCc3ccc4c(c3)OCO4)cc2)cc1C. The van der Waals surface area contributed by atoms with E-state index >= 15 is 0 Å². The van der Waals surface area contributed by atoms with Gasteiger partial charge >= 0.3 is 0 Å². The highest BCUT2D eigenvalue weighted by atomic mass is 32.2. The number of hydrogen-bond donors (Lipinski definition) is 2. The van der Waals surface area contributed by atoms with Crippen LogP contribution in [0.1, 0.15) is 16.7 Å². The maximum atomic E-state index is 12.6. The minimum absolute atomic E-state index is 0.0975. The zero-order chi connectivity index (χ0) is 23.4. The summed E-state index contributed by atoms with van der Waals surface area (Å²) in [6.07, 6.45) is 0. The van der Waals surface area contributed by atoms with Gasteiger partial charge in [0, 0.05) is 12.2 Å². The molecular formula is C24H24N2O6S. The minimum Gasteiger partial charge on any atom is -0.484 e. The molecule has 0 atom stereocenters. The van der Waals surface area contributed by atoms with Gasteiger partial charge in [-0.15, -0.1) is 0 Å². The maximum absolute atomic E-state index is 12.6. The Bertz CT molecular complexity index is 1270. The third-order valence-electron chi connectivity index (χ3n) is 5.19. The van der Waals surface area contributed by atoms with Crippen molar-refractivity contribution in [2.45, 2.75) is 25.3 Å². The number of hydrogen-bond acceptors (Lipinski definition) is 6. The first-order chi connectivity index (χ1) is 15.8. The maximum Gasteiger partial charge on any atom is 0.261 e. The van der Waals surface area contributed by atoms with Crippen molar-refractivity contribution in [1.29, 1.82) is 0 Å². The molecule has 2 N–H and O–H groups in total. The second kappa shape index (κ2) is 9.41. The fraction of sp³-hybridized carbons (Fsp3) is 0.208. The molecule has 1 heterocycles. The van der Waals surface area contributed by atoms with Crippen LogP contribution in [0.25, 0.3) is 0 Å². The van der Waals surface area contributed by atoms with E-state index in [4.69, 9.17) is 14.2 Å². The lowest BCUT2D eigenvalue weighted by molar-refractivity contribution is -0.123. The van der Waals surface area contributed by atoms with Crippen LogP contribution in [0.2, 0.25) is 0 Å². The Morgan fingerprint density at radius 1 is 0.939 bits per heavy atom. The average Bonchev–Trinajstić information content (AvgIpc) is 3.27. The van der Waals surface area contributed by atoms with E-state index in [0.29, 0.717) is 29.5 Å². The smallest absolute Gasteiger partial charge is 0.261 e. The molecule has 3 aromatic carbocycles. The molecule has 0 saturated carbocycles. The summed E-state index contributed by atoms with van der Waals surface area (Å²) in [5.74, 6) is 1.42. The van der Waals surface area contributed by atoms with Gasteiger partial charge in [-0.25, -0.2) is 8.42 Å². The molecule has 172 valence electrons. The number of benzene rings is 3. The number of nitrogens with one attached hydrogen (secondary N) is 2. The summed E-state index contributed by atoms with van der Waals surface area (Å²) in [6.45, 7) is 4.20. The fourth-order valence-electron chi connectivity index (χ4n) is 3.19. The van der Waals surface area contributed by atoms with E-state index in [1.54, 1.807) is 18.2 Å². The predicted octanol–water partition coefficient (Wildman–Crippen LogP) is 3.53. The zero-order valence-electron chi connectivity index (χ0n) is 18.3. The Balaban J connectivity index is 1.29. The third kappa shape index (κ3) is 5.56. The molecule has 0 radical (unpaired) electrons. The largest absolute Gasteiger partial charge is 0.484 e. The Kier molecular flexibility index (Phi) is 6.41. The van der Waals surface area contributed by atoms with E-state index in [-0.39, 0.29) is 24.2 Å². The van der Waals surface area contributed by atoms with Crippen molar-refractivity contribution in [3.63, 3.8) is 0 Å². The van der Waals surface area contributed by atoms with Gasteiger partial charge in [0.05, 0.1) is 4.90 Å². The van der Waals surface area contributed by atoms with Gasteiger partial charge in [0.25, 0.3) is 15.9 Å². The molecule has 9 heteroatoms. The number of anilines is 1. The van der Waals surface area contributed by atoms with Crippen molar-refractivity contribution in [2.24, 2.45) is 0 Å². The summed E-state index contributed by atoms with van der Waals surface area (Å²) >= 11 is 0. The number of ether oxygens (including phenoxy) is 3. The van der Waals surface area contributed by atoms with Crippen molar-refractivity contribution in [1.82, 2.24) is 5.32 Å². The van der Waals surface area contributed by atoms with Crippen molar-refractivity contribution in [3.8, 4) is 17.2 Å². The summed E-state index contributed by atoms with van der Waals surface area (Å²) in [4.78, 5) is 12.2. The Morgan fingerprint density at radius 2 is 1.70 bits per heavy atom. The van der Waals surface area contributed by atoms with E-state index in [9.17, 15) is 13.2 Å². The lowest BCUT2D eigenvalue weighted by Crippen LogP contribution is -2.28. The summed E-state index contributed by atoms with van der Waals surface area (Å²) in [6, 6.07) is 16.7. The lowest BCUT2D eigenvalue weighted by atomic mass is 10.1.